The van der Waals surface area contributed by atoms with Crippen molar-refractivity contribution in [2.24, 2.45) is 0 Å². The predicted octanol–water partition coefficient (Wildman–Crippen LogP) is 1.96. The third-order valence-corrected chi connectivity index (χ3v) is 5.41. The van der Waals surface area contributed by atoms with E-state index in [9.17, 15) is 4.79 Å². The van der Waals surface area contributed by atoms with Gasteiger partial charge in [0.2, 0.25) is 0 Å². The molecule has 1 fully saturated rings. The van der Waals surface area contributed by atoms with Crippen LogP contribution in [-0.4, -0.2) is 62.6 Å². The van der Waals surface area contributed by atoms with Crippen molar-refractivity contribution < 1.29 is 9.28 Å². The second-order valence-corrected chi connectivity index (χ2v) is 7.33. The predicted molar refractivity (Wildman–Crippen MR) is 105 cm³/mol. The van der Waals surface area contributed by atoms with Gasteiger partial charge in [0.25, 0.3) is 0 Å². The summed E-state index contributed by atoms with van der Waals surface area (Å²) in [5.41, 5.74) is 8.44. The fourth-order valence-electron chi connectivity index (χ4n) is 3.47. The highest BCUT2D eigenvalue weighted by atomic mass is 16.1. The van der Waals surface area contributed by atoms with E-state index < -0.39 is 0 Å². The van der Waals surface area contributed by atoms with E-state index in [1.54, 1.807) is 0 Å². The van der Waals surface area contributed by atoms with Crippen molar-refractivity contribution >= 4 is 11.5 Å². The first kappa shape index (κ1) is 19.9. The maximum atomic E-state index is 12.6. The number of carbonyl (C=O) groups excluding carboxylic acids is 1. The highest BCUT2D eigenvalue weighted by molar-refractivity contribution is 5.97. The number of hydrogen-bond donors (Lipinski definition) is 3. The molecule has 0 amide bonds. The minimum Gasteiger partial charge on any atom is -0.398 e. The summed E-state index contributed by atoms with van der Waals surface area (Å²) in [6.07, 6.45) is 3.05. The Balaban J connectivity index is 1.90. The monoisotopic (exact) mass is 347 g/mol. The summed E-state index contributed by atoms with van der Waals surface area (Å²) in [6, 6.07) is 5.67. The zero-order valence-electron chi connectivity index (χ0n) is 15.9. The number of nitrogens with zero attached hydrogens (tertiary/aromatic N) is 1. The number of carbonyl (C=O) groups is 1. The van der Waals surface area contributed by atoms with Crippen molar-refractivity contribution in [3.05, 3.63) is 29.3 Å². The van der Waals surface area contributed by atoms with Crippen molar-refractivity contribution in [2.45, 2.75) is 33.1 Å². The number of benzene rings is 1. The minimum absolute atomic E-state index is 0.210. The molecule has 1 aliphatic heterocycles. The molecule has 0 saturated carbocycles. The molecule has 0 aliphatic carbocycles. The standard InChI is InChI=1S/C20H35N4O/c1-3-4-8-22-9-13-24(14-10-23-11-15-24)12-7-20(25)18-6-5-17(2)19(21)16-18/h5-6,16,22-23H,3-4,7-15,21H2,1-2H3/q+1. The van der Waals surface area contributed by atoms with Gasteiger partial charge in [-0.3, -0.25) is 4.79 Å². The van der Waals surface area contributed by atoms with Crippen molar-refractivity contribution in [2.75, 3.05) is 58.1 Å². The number of ketones is 1. The van der Waals surface area contributed by atoms with Crippen molar-refractivity contribution in [1.82, 2.24) is 10.6 Å². The van der Waals surface area contributed by atoms with Gasteiger partial charge < -0.3 is 20.9 Å². The van der Waals surface area contributed by atoms with Gasteiger partial charge in [-0.15, -0.1) is 0 Å². The molecule has 1 aromatic rings. The molecule has 1 heterocycles. The average Bonchev–Trinajstić information content (AvgIpc) is 2.63. The van der Waals surface area contributed by atoms with Gasteiger partial charge in [-0.05, 0) is 31.5 Å². The van der Waals surface area contributed by atoms with Crippen LogP contribution in [0.3, 0.4) is 0 Å². The molecule has 1 aliphatic rings. The molecule has 5 heteroatoms. The van der Waals surface area contributed by atoms with Crippen molar-refractivity contribution in [1.29, 1.82) is 0 Å². The summed E-state index contributed by atoms with van der Waals surface area (Å²) in [6.45, 7) is 12.6. The van der Waals surface area contributed by atoms with Gasteiger partial charge in [-0.25, -0.2) is 0 Å². The van der Waals surface area contributed by atoms with Gasteiger partial charge in [0.1, 0.15) is 0 Å². The van der Waals surface area contributed by atoms with Crippen LogP contribution in [-0.2, 0) is 0 Å². The van der Waals surface area contributed by atoms with E-state index in [1.807, 2.05) is 25.1 Å². The molecule has 0 spiro atoms. The highest BCUT2D eigenvalue weighted by Gasteiger charge is 2.30. The van der Waals surface area contributed by atoms with Gasteiger partial charge in [-0.1, -0.05) is 25.5 Å². The lowest BCUT2D eigenvalue weighted by atomic mass is 10.0. The fraction of sp³-hybridized carbons (Fsp3) is 0.650. The van der Waals surface area contributed by atoms with Crippen LogP contribution in [0.2, 0.25) is 0 Å². The van der Waals surface area contributed by atoms with Gasteiger partial charge in [0.15, 0.2) is 5.78 Å². The van der Waals surface area contributed by atoms with Crippen LogP contribution in [0.4, 0.5) is 5.69 Å². The van der Waals surface area contributed by atoms with Gasteiger partial charge in [0, 0.05) is 30.9 Å². The molecule has 140 valence electrons. The van der Waals surface area contributed by atoms with E-state index in [2.05, 4.69) is 17.6 Å². The summed E-state index contributed by atoms with van der Waals surface area (Å²) in [5.74, 6) is 0.210. The number of Topliss-reactive ketones (excluding diaryl/α,β-unsaturated/α-hetero) is 1. The molecule has 25 heavy (non-hydrogen) atoms. The number of unbranched alkanes of at least 4 members (excludes halogenated alkanes) is 1. The highest BCUT2D eigenvalue weighted by Crippen LogP contribution is 2.16. The maximum absolute atomic E-state index is 12.6. The number of quaternary nitrogens is 1. The van der Waals surface area contributed by atoms with Crippen LogP contribution in [0.1, 0.15) is 42.1 Å². The molecule has 5 nitrogen and oxygen atoms in total. The average molecular weight is 348 g/mol. The Labute approximate surface area is 152 Å². The smallest absolute Gasteiger partial charge is 0.168 e. The number of nitrogens with one attached hydrogen (secondary N) is 2. The molecule has 0 unspecified atom stereocenters. The van der Waals surface area contributed by atoms with Crippen molar-refractivity contribution in [3.63, 3.8) is 0 Å². The van der Waals surface area contributed by atoms with E-state index in [4.69, 9.17) is 5.73 Å². The number of anilines is 1. The largest absolute Gasteiger partial charge is 0.398 e. The zero-order chi connectivity index (χ0) is 18.1. The lowest BCUT2D eigenvalue weighted by Crippen LogP contribution is -2.61. The van der Waals surface area contributed by atoms with E-state index >= 15 is 0 Å². The van der Waals surface area contributed by atoms with Crippen LogP contribution in [0.15, 0.2) is 18.2 Å². The first-order valence-corrected chi connectivity index (χ1v) is 9.72. The third-order valence-electron chi connectivity index (χ3n) is 5.41. The number of nitrogens with two attached hydrogens (primary N) is 1. The summed E-state index contributed by atoms with van der Waals surface area (Å²) in [5, 5.41) is 7.00. The van der Waals surface area contributed by atoms with Gasteiger partial charge >= 0.3 is 0 Å². The van der Waals surface area contributed by atoms with E-state index in [-0.39, 0.29) is 5.78 Å². The van der Waals surface area contributed by atoms with Crippen LogP contribution in [0.25, 0.3) is 0 Å². The SMILES string of the molecule is CCCCNCC[N+]1(CCC(=O)c2ccc(C)c(N)c2)CCNCC1. The molecule has 4 N–H and O–H groups in total. The van der Waals surface area contributed by atoms with E-state index in [0.29, 0.717) is 12.1 Å². The zero-order valence-corrected chi connectivity index (χ0v) is 15.9. The Bertz CT molecular complexity index is 553. The van der Waals surface area contributed by atoms with E-state index in [0.717, 1.165) is 68.0 Å². The number of rotatable bonds is 10. The number of piperazine rings is 1. The molecule has 0 atom stereocenters. The second kappa shape index (κ2) is 9.90. The molecular weight excluding hydrogens is 312 g/mol. The van der Waals surface area contributed by atoms with Crippen LogP contribution in [0.5, 0.6) is 0 Å². The van der Waals surface area contributed by atoms with Gasteiger partial charge in [-0.2, -0.15) is 0 Å². The molecule has 1 aromatic carbocycles. The van der Waals surface area contributed by atoms with E-state index in [1.165, 1.54) is 12.8 Å². The summed E-state index contributed by atoms with van der Waals surface area (Å²) in [4.78, 5) is 12.6. The molecule has 1 saturated heterocycles. The molecule has 0 aromatic heterocycles. The first-order chi connectivity index (χ1) is 12.1. The molecule has 2 rings (SSSR count). The number of nitrogen functional groups attached to an aromatic ring is 1. The number of aryl methyl sites for hydroxylation is 1. The Hall–Kier alpha value is -1.43. The quantitative estimate of drug-likeness (QED) is 0.262. The lowest BCUT2D eigenvalue weighted by molar-refractivity contribution is -0.928. The van der Waals surface area contributed by atoms with Crippen LogP contribution >= 0.6 is 0 Å². The lowest BCUT2D eigenvalue weighted by Gasteiger charge is -2.42. The maximum Gasteiger partial charge on any atom is 0.168 e. The second-order valence-electron chi connectivity index (χ2n) is 7.33. The summed E-state index contributed by atoms with van der Waals surface area (Å²) < 4.78 is 1.04. The minimum atomic E-state index is 0.210. The number of hydrogen-bond acceptors (Lipinski definition) is 4. The molecule has 0 radical (unpaired) electrons. The Morgan fingerprint density at radius 1 is 1.24 bits per heavy atom. The van der Waals surface area contributed by atoms with Gasteiger partial charge in [0.05, 0.1) is 32.6 Å². The molecule has 0 bridgehead atoms. The summed E-state index contributed by atoms with van der Waals surface area (Å²) >= 11 is 0. The van der Waals surface area contributed by atoms with Crippen LogP contribution in [0, 0.1) is 6.92 Å². The Morgan fingerprint density at radius 3 is 2.68 bits per heavy atom. The normalized spacial score (nSPS) is 16.7. The topological polar surface area (TPSA) is 67.2 Å². The Kier molecular flexibility index (Phi) is 7.88. The third kappa shape index (κ3) is 6.10. The molecular formula is C20H35N4O+. The first-order valence-electron chi connectivity index (χ1n) is 9.72. The fourth-order valence-corrected chi connectivity index (χ4v) is 3.47. The van der Waals surface area contributed by atoms with Crippen molar-refractivity contribution in [3.8, 4) is 0 Å². The summed E-state index contributed by atoms with van der Waals surface area (Å²) in [7, 11) is 0. The van der Waals surface area contributed by atoms with Crippen LogP contribution < -0.4 is 16.4 Å². The Morgan fingerprint density at radius 2 is 2.00 bits per heavy atom.